The van der Waals surface area contributed by atoms with E-state index in [1.165, 1.54) is 62.3 Å². The van der Waals surface area contributed by atoms with Crippen LogP contribution in [-0.2, 0) is 80.4 Å². The molecule has 0 aliphatic rings. The van der Waals surface area contributed by atoms with Gasteiger partial charge in [0.2, 0.25) is 0 Å². The summed E-state index contributed by atoms with van der Waals surface area (Å²) in [4.78, 5) is 33.5. The van der Waals surface area contributed by atoms with Gasteiger partial charge in [0, 0.05) is 204 Å². The maximum atomic E-state index is 8.56. The van der Waals surface area contributed by atoms with Crippen molar-refractivity contribution in [1.82, 2.24) is 39.9 Å². The molecule has 16 heteroatoms. The van der Waals surface area contributed by atoms with E-state index in [4.69, 9.17) is 69.8 Å². The third-order valence-corrected chi connectivity index (χ3v) is 21.5. The zero-order chi connectivity index (χ0) is 128. The summed E-state index contributed by atoms with van der Waals surface area (Å²) in [6, 6.07) is 118. The van der Waals surface area contributed by atoms with Crippen LogP contribution < -0.4 is 0 Å². The van der Waals surface area contributed by atoms with Crippen LogP contribution in [0.25, 0.3) is 178 Å². The molecule has 0 aliphatic carbocycles. The molecule has 0 saturated carbocycles. The molecule has 1 atom stereocenters. The molecule has 0 saturated heterocycles. The van der Waals surface area contributed by atoms with E-state index in [1.54, 1.807) is 115 Å². The number of nitrogens with zero attached hydrogens (tertiary/aromatic N) is 8. The van der Waals surface area contributed by atoms with Crippen LogP contribution in [0.3, 0.4) is 0 Å². The summed E-state index contributed by atoms with van der Waals surface area (Å²) in [6.45, 7) is -29.4. The Kier molecular flexibility index (Phi) is 23.1. The molecule has 143 heavy (non-hydrogen) atoms. The van der Waals surface area contributed by atoms with Gasteiger partial charge in [0.25, 0.3) is 0 Å². The molecule has 0 amide bonds. The Hall–Kier alpha value is -14.4. The molecule has 12 nitrogen and oxygen atoms in total. The van der Waals surface area contributed by atoms with E-state index in [2.05, 4.69) is 88.4 Å². The average molecular weight is 2610 g/mol. The summed E-state index contributed by atoms with van der Waals surface area (Å²) in [5.41, 5.74) is 13.5. The number of aryl methyl sites for hydroxylation is 9. The van der Waals surface area contributed by atoms with Crippen LogP contribution in [0.1, 0.15) is 153 Å². The number of benzene rings is 12. The quantitative estimate of drug-likeness (QED) is 0.120. The molecule has 0 aliphatic heterocycles. The molecular formula is C127H102Ir4N8O4-8. The second-order valence-corrected chi connectivity index (χ2v) is 30.9. The first-order chi connectivity index (χ1) is 83.1. The molecule has 1 unspecified atom stereocenters. The third kappa shape index (κ3) is 25.9. The summed E-state index contributed by atoms with van der Waals surface area (Å²) in [5.74, 6) is -5.33. The van der Waals surface area contributed by atoms with Gasteiger partial charge in [0.05, 0.1) is 22.3 Å². The van der Waals surface area contributed by atoms with Crippen LogP contribution >= 0.6 is 0 Å². The first-order valence-corrected chi connectivity index (χ1v) is 43.1. The van der Waals surface area contributed by atoms with E-state index in [9.17, 15) is 0 Å². The van der Waals surface area contributed by atoms with Gasteiger partial charge in [0.1, 0.15) is 22.3 Å². The Bertz CT molecular complexity index is 9550. The number of fused-ring (bicyclic) bond motifs is 12. The standard InChI is InChI=1S/2C21H18NO.C19H14NO.C18H12NO.4C12H10N.4Ir/c1-13(2)18-11-19(22-12-14(18)3)17-9-6-8-16-15-7-4-5-10-20(15)23-21(16)17;1-13(2)18-12-22-19(11-14(18)3)17-9-6-8-16-15-7-4-5-10-20(15)23-21(16)17;1-12-10-17(20-11-13(12)2)16-8-5-7-15-14-6-3-4-9-18(14)21-19(15)16;1-12-9-10-19-16(11-12)15-7-4-6-14-13-5-2-3-8-17(13)20-18(14)15;4*1-10-7-8-12(13-9-10)11-5-3-2-4-6-11;;;;/h2*4-8,10-13H,1-3H3;3-7,9-11H,1-2H3;2-6,8-11H,1H3;4*2-5,7-9H,1H3;;;;/q8*-1;;;;/i1D3,2D3,3D3,13D;1D3,3D3,13D;1D3,2D3;5*1D3;;;;. The Morgan fingerprint density at radius 2 is 0.538 bits per heavy atom. The fourth-order valence-corrected chi connectivity index (χ4v) is 14.8. The maximum Gasteiger partial charge on any atom is 0.120 e. The van der Waals surface area contributed by atoms with Crippen molar-refractivity contribution in [2.24, 2.45) is 0 Å². The Morgan fingerprint density at radius 3 is 0.853 bits per heavy atom. The summed E-state index contributed by atoms with van der Waals surface area (Å²) < 4.78 is 313. The predicted octanol–water partition coefficient (Wildman–Crippen LogP) is 33.0. The maximum absolute atomic E-state index is 8.56. The van der Waals surface area contributed by atoms with Crippen molar-refractivity contribution in [3.63, 3.8) is 0 Å². The van der Waals surface area contributed by atoms with E-state index < -0.39 is 105 Å². The van der Waals surface area contributed by atoms with Gasteiger partial charge in [-0.3, -0.25) is 0 Å². The Morgan fingerprint density at radius 1 is 0.231 bits per heavy atom. The molecule has 24 aromatic rings. The van der Waals surface area contributed by atoms with E-state index >= 15 is 0 Å². The van der Waals surface area contributed by atoms with Crippen LogP contribution in [0.5, 0.6) is 0 Å². The SMILES string of the molecule is [2H]C([2H])([2H])c1cc(-c2[c-]ccc3c2oc2ccccc23)ncc1C([2H])(C)C([2H])([2H])[2H].[2H]C([2H])([2H])c1ccc(-c2[c-]cccc2)nc1.[2H]C([2H])([2H])c1ccc(-c2[c-]cccc2)nc1.[2H]C([2H])([2H])c1ccc(-c2[c-]cccc2)nc1.[2H]C([2H])([2H])c1ccc(-c2[c-]cccc2)nc1.[2H]C([2H])([2H])c1ccnc(-c2[c-]ccc3c2oc2ccccc23)c1.[2H]C([2H])([2H])c1cnc(-c2[c-]ccc3c2oc2ccccc23)cc1C([2H])(C([2H])([2H])[2H])C([2H])([2H])[2H].[2H]C([2H])([2H])c1cnc(-c2[c-]ccc3c2oc2ccccc23)cc1C([2H])([2H])[2H].[Ir].[Ir].[Ir].[Ir]. The van der Waals surface area contributed by atoms with Crippen LogP contribution in [0.15, 0.2) is 389 Å². The summed E-state index contributed by atoms with van der Waals surface area (Å²) in [7, 11) is 0. The zero-order valence-electron chi connectivity index (χ0n) is 113. The van der Waals surface area contributed by atoms with Crippen molar-refractivity contribution in [3.8, 4) is 90.1 Å². The van der Waals surface area contributed by atoms with Gasteiger partial charge in [-0.05, 0) is 194 Å². The number of furan rings is 4. The minimum absolute atomic E-state index is 0. The van der Waals surface area contributed by atoms with Gasteiger partial charge in [-0.2, -0.15) is 0 Å². The van der Waals surface area contributed by atoms with Crippen molar-refractivity contribution in [2.45, 2.75) is 101 Å². The van der Waals surface area contributed by atoms with Crippen LogP contribution in [0, 0.1) is 110 Å². The van der Waals surface area contributed by atoms with Crippen molar-refractivity contribution < 1.29 is 150 Å². The molecule has 0 bridgehead atoms. The molecule has 4 radical (unpaired) electrons. The molecule has 24 rings (SSSR count). The number of pyridine rings is 8. The summed E-state index contributed by atoms with van der Waals surface area (Å²) in [5, 5.41) is 7.08. The number of aromatic nitrogens is 8. The van der Waals surface area contributed by atoms with E-state index in [0.29, 0.717) is 72.7 Å². The van der Waals surface area contributed by atoms with Crippen molar-refractivity contribution in [1.29, 1.82) is 0 Å². The van der Waals surface area contributed by atoms with E-state index in [0.717, 1.165) is 112 Å². The van der Waals surface area contributed by atoms with Gasteiger partial charge in [-0.1, -0.05) is 234 Å². The Balaban J connectivity index is 0.000000170. The second-order valence-electron chi connectivity index (χ2n) is 30.9. The summed E-state index contributed by atoms with van der Waals surface area (Å²) >= 11 is 0. The van der Waals surface area contributed by atoms with Gasteiger partial charge in [-0.25, -0.2) is 0 Å². The minimum Gasteiger partial charge on any atom is -0.501 e. The van der Waals surface area contributed by atoms with Crippen LogP contribution in [0.4, 0.5) is 0 Å². The second kappa shape index (κ2) is 50.3. The molecule has 0 spiro atoms. The van der Waals surface area contributed by atoms with Crippen molar-refractivity contribution >= 4 is 87.8 Å². The molecular weight excluding hydrogens is 2470 g/mol. The minimum atomic E-state index is -3.36. The number of rotatable bonds is 10. The van der Waals surface area contributed by atoms with Crippen molar-refractivity contribution in [2.75, 3.05) is 0 Å². The zero-order valence-corrected chi connectivity index (χ0v) is 84.8. The smallest absolute Gasteiger partial charge is 0.120 e. The third-order valence-electron chi connectivity index (χ3n) is 21.5. The van der Waals surface area contributed by atoms with Crippen LogP contribution in [-0.4, -0.2) is 39.9 Å². The predicted molar refractivity (Wildman–Crippen MR) is 568 cm³/mol. The van der Waals surface area contributed by atoms with Gasteiger partial charge >= 0.3 is 0 Å². The Labute approximate surface area is 943 Å². The largest absolute Gasteiger partial charge is 0.501 e. The molecule has 0 fully saturated rings. The monoisotopic (exact) mass is 2610 g/mol. The first-order valence-electron chi connectivity index (χ1n) is 62.1. The normalized spacial score (nSPS) is 16.1. The van der Waals surface area contributed by atoms with Gasteiger partial charge < -0.3 is 57.5 Å². The van der Waals surface area contributed by atoms with E-state index in [-0.39, 0.29) is 142 Å². The van der Waals surface area contributed by atoms with Crippen LogP contribution in [0.2, 0.25) is 0 Å². The fourth-order valence-electron chi connectivity index (χ4n) is 14.8. The average Bonchev–Trinajstić information content (AvgIpc) is 1.57. The molecule has 12 aromatic heterocycles. The van der Waals surface area contributed by atoms with E-state index in [1.807, 2.05) is 182 Å². The fraction of sp³-hybridized carbons (Fsp3) is 0.118. The number of hydrogen-bond acceptors (Lipinski definition) is 12. The number of para-hydroxylation sites is 4. The first kappa shape index (κ1) is 65.7. The topological polar surface area (TPSA) is 156 Å². The number of hydrogen-bond donors (Lipinski definition) is 0. The van der Waals surface area contributed by atoms with Gasteiger partial charge in [0.15, 0.2) is 0 Å². The molecule has 12 heterocycles. The molecule has 718 valence electrons. The van der Waals surface area contributed by atoms with Gasteiger partial charge in [-0.15, -0.1) is 216 Å². The summed E-state index contributed by atoms with van der Waals surface area (Å²) in [6.07, 6.45) is 10.3. The van der Waals surface area contributed by atoms with Crippen molar-refractivity contribution in [3.05, 3.63) is 481 Å². The molecule has 0 N–H and O–H groups in total. The molecule has 12 aromatic carbocycles.